The molecule has 0 atom stereocenters. The highest BCUT2D eigenvalue weighted by molar-refractivity contribution is 6.32. The Morgan fingerprint density at radius 2 is 0.929 bits per heavy atom. The van der Waals surface area contributed by atoms with Crippen molar-refractivity contribution in [2.75, 3.05) is 52.9 Å². The van der Waals surface area contributed by atoms with E-state index in [0.717, 1.165) is 0 Å². The molecule has 0 spiro atoms. The number of aliphatic hydroxyl groups excluding tert-OH is 2. The number of ether oxygens (including phenoxy) is 4. The van der Waals surface area contributed by atoms with Gasteiger partial charge in [-0.1, -0.05) is 47.5 Å². The summed E-state index contributed by atoms with van der Waals surface area (Å²) in [6, 6.07) is 14.6. The Hall–Kier alpha value is -1.38. The van der Waals surface area contributed by atoms with Crippen molar-refractivity contribution in [1.82, 2.24) is 0 Å². The first-order valence-electron chi connectivity index (χ1n) is 8.81. The average molecular weight is 433 g/mol. The Kier molecular flexibility index (Phi) is 14.6. The van der Waals surface area contributed by atoms with Crippen LogP contribution < -0.4 is 4.74 Å². The molecular formula is C20H26Cl2O6. The second-order valence-electron chi connectivity index (χ2n) is 5.25. The Morgan fingerprint density at radius 1 is 0.571 bits per heavy atom. The predicted octanol–water partition coefficient (Wildman–Crippen LogP) is 3.81. The van der Waals surface area contributed by atoms with Crippen molar-refractivity contribution < 1.29 is 29.2 Å². The van der Waals surface area contributed by atoms with Crippen molar-refractivity contribution in [3.8, 4) is 11.5 Å². The molecule has 0 unspecified atom stereocenters. The van der Waals surface area contributed by atoms with E-state index < -0.39 is 0 Å². The van der Waals surface area contributed by atoms with Crippen molar-refractivity contribution in [3.63, 3.8) is 0 Å². The Bertz CT molecular complexity index is 588. The van der Waals surface area contributed by atoms with Crippen LogP contribution in [0, 0.1) is 0 Å². The monoisotopic (exact) mass is 432 g/mol. The first kappa shape index (κ1) is 24.7. The highest BCUT2D eigenvalue weighted by Crippen LogP contribution is 2.32. The number of benzene rings is 2. The number of hydrogen-bond donors (Lipinski definition) is 2. The Morgan fingerprint density at radius 3 is 1.29 bits per heavy atom. The number of halogens is 2. The van der Waals surface area contributed by atoms with E-state index >= 15 is 0 Å². The third kappa shape index (κ3) is 11.5. The lowest BCUT2D eigenvalue weighted by Gasteiger charge is -2.08. The molecule has 2 rings (SSSR count). The van der Waals surface area contributed by atoms with Crippen LogP contribution in [-0.2, 0) is 14.2 Å². The van der Waals surface area contributed by atoms with Crippen molar-refractivity contribution in [2.45, 2.75) is 0 Å². The quantitative estimate of drug-likeness (QED) is 0.496. The number of rotatable bonds is 12. The number of para-hydroxylation sites is 2. The maximum absolute atomic E-state index is 8.36. The van der Waals surface area contributed by atoms with Gasteiger partial charge in [-0.15, -0.1) is 0 Å². The number of aliphatic hydroxyl groups is 2. The molecule has 0 aliphatic heterocycles. The number of hydrogen-bond acceptors (Lipinski definition) is 6. The minimum Gasteiger partial charge on any atom is -0.454 e. The minimum atomic E-state index is 0.0413. The van der Waals surface area contributed by atoms with Crippen LogP contribution >= 0.6 is 23.2 Å². The Balaban J connectivity index is 0.000000284. The van der Waals surface area contributed by atoms with Crippen LogP contribution in [0.3, 0.4) is 0 Å². The van der Waals surface area contributed by atoms with Crippen LogP contribution in [0.4, 0.5) is 0 Å². The Labute approximate surface area is 175 Å². The van der Waals surface area contributed by atoms with Crippen LogP contribution in [0.1, 0.15) is 0 Å². The maximum atomic E-state index is 8.36. The fourth-order valence-electron chi connectivity index (χ4n) is 1.84. The average Bonchev–Trinajstić information content (AvgIpc) is 2.71. The first-order valence-corrected chi connectivity index (χ1v) is 9.56. The molecule has 2 aromatic rings. The SMILES string of the molecule is Clc1ccccc1Oc1ccccc1Cl.OCCOCCOCCOCCO. The molecule has 0 radical (unpaired) electrons. The van der Waals surface area contributed by atoms with Gasteiger partial charge in [0, 0.05) is 0 Å². The summed E-state index contributed by atoms with van der Waals surface area (Å²) in [5.74, 6) is 1.21. The van der Waals surface area contributed by atoms with E-state index in [4.69, 9.17) is 52.4 Å². The molecule has 0 aromatic heterocycles. The smallest absolute Gasteiger partial charge is 0.146 e. The molecule has 28 heavy (non-hydrogen) atoms. The summed E-state index contributed by atoms with van der Waals surface area (Å²) in [6.45, 7) is 2.76. The van der Waals surface area contributed by atoms with Gasteiger partial charge in [-0.25, -0.2) is 0 Å². The van der Waals surface area contributed by atoms with E-state index in [0.29, 0.717) is 61.2 Å². The minimum absolute atomic E-state index is 0.0413. The third-order valence-corrected chi connectivity index (χ3v) is 3.73. The molecule has 0 saturated heterocycles. The van der Waals surface area contributed by atoms with Gasteiger partial charge in [0.2, 0.25) is 0 Å². The lowest BCUT2D eigenvalue weighted by atomic mass is 10.3. The molecule has 0 heterocycles. The van der Waals surface area contributed by atoms with Crippen LogP contribution in [-0.4, -0.2) is 63.1 Å². The topological polar surface area (TPSA) is 77.4 Å². The molecule has 8 heteroatoms. The zero-order valence-electron chi connectivity index (χ0n) is 15.6. The molecule has 0 aliphatic carbocycles. The van der Waals surface area contributed by atoms with Gasteiger partial charge < -0.3 is 29.2 Å². The van der Waals surface area contributed by atoms with Gasteiger partial charge in [-0.2, -0.15) is 0 Å². The maximum Gasteiger partial charge on any atom is 0.146 e. The van der Waals surface area contributed by atoms with E-state index in [1.807, 2.05) is 24.3 Å². The highest BCUT2D eigenvalue weighted by Gasteiger charge is 2.04. The highest BCUT2D eigenvalue weighted by atomic mass is 35.5. The summed E-state index contributed by atoms with van der Waals surface area (Å²) in [6.07, 6.45) is 0. The van der Waals surface area contributed by atoms with Crippen LogP contribution in [0.15, 0.2) is 48.5 Å². The van der Waals surface area contributed by atoms with Gasteiger partial charge in [-0.3, -0.25) is 0 Å². The van der Waals surface area contributed by atoms with E-state index in [1.54, 1.807) is 24.3 Å². The molecule has 0 saturated carbocycles. The largest absolute Gasteiger partial charge is 0.454 e. The van der Waals surface area contributed by atoms with Crippen molar-refractivity contribution in [1.29, 1.82) is 0 Å². The van der Waals surface area contributed by atoms with Crippen LogP contribution in [0.25, 0.3) is 0 Å². The summed E-state index contributed by atoms with van der Waals surface area (Å²) in [5, 5.41) is 17.8. The standard InChI is InChI=1S/C12H8Cl2O.C8H18O5/c13-9-5-1-3-7-11(9)15-12-8-4-2-6-10(12)14;9-1-3-11-5-7-13-8-6-12-4-2-10/h1-8H;9-10H,1-8H2. The predicted molar refractivity (Wildman–Crippen MR) is 110 cm³/mol. The van der Waals surface area contributed by atoms with E-state index in [-0.39, 0.29) is 13.2 Å². The zero-order valence-corrected chi connectivity index (χ0v) is 17.1. The van der Waals surface area contributed by atoms with Gasteiger partial charge in [0.15, 0.2) is 0 Å². The van der Waals surface area contributed by atoms with E-state index in [1.165, 1.54) is 0 Å². The fourth-order valence-corrected chi connectivity index (χ4v) is 2.19. The molecule has 0 fully saturated rings. The molecule has 2 aromatic carbocycles. The molecule has 2 N–H and O–H groups in total. The summed E-state index contributed by atoms with van der Waals surface area (Å²) >= 11 is 11.9. The van der Waals surface area contributed by atoms with E-state index in [9.17, 15) is 0 Å². The summed E-state index contributed by atoms with van der Waals surface area (Å²) in [4.78, 5) is 0. The van der Waals surface area contributed by atoms with Gasteiger partial charge in [0.25, 0.3) is 0 Å². The van der Waals surface area contributed by atoms with Crippen molar-refractivity contribution in [2.24, 2.45) is 0 Å². The fraction of sp³-hybridized carbons (Fsp3) is 0.400. The van der Waals surface area contributed by atoms with Crippen LogP contribution in [0.5, 0.6) is 11.5 Å². The molecule has 0 amide bonds. The van der Waals surface area contributed by atoms with Gasteiger partial charge in [-0.05, 0) is 24.3 Å². The molecule has 0 bridgehead atoms. The summed E-state index contributed by atoms with van der Waals surface area (Å²) in [7, 11) is 0. The van der Waals surface area contributed by atoms with Gasteiger partial charge in [0.05, 0.1) is 62.9 Å². The normalized spacial score (nSPS) is 10.3. The summed E-state index contributed by atoms with van der Waals surface area (Å²) in [5.41, 5.74) is 0. The van der Waals surface area contributed by atoms with Crippen molar-refractivity contribution >= 4 is 23.2 Å². The first-order chi connectivity index (χ1) is 13.7. The van der Waals surface area contributed by atoms with Gasteiger partial charge in [0.1, 0.15) is 11.5 Å². The second kappa shape index (κ2) is 16.6. The third-order valence-electron chi connectivity index (χ3n) is 3.11. The van der Waals surface area contributed by atoms with E-state index in [2.05, 4.69) is 0 Å². The molecule has 156 valence electrons. The molecular weight excluding hydrogens is 407 g/mol. The second-order valence-corrected chi connectivity index (χ2v) is 6.06. The van der Waals surface area contributed by atoms with Gasteiger partial charge >= 0.3 is 0 Å². The van der Waals surface area contributed by atoms with Crippen molar-refractivity contribution in [3.05, 3.63) is 58.6 Å². The summed E-state index contributed by atoms with van der Waals surface area (Å²) < 4.78 is 20.6. The molecule has 6 nitrogen and oxygen atoms in total. The molecule has 0 aliphatic rings. The lowest BCUT2D eigenvalue weighted by Crippen LogP contribution is -2.11. The van der Waals surface area contributed by atoms with Crippen LogP contribution in [0.2, 0.25) is 10.0 Å². The lowest BCUT2D eigenvalue weighted by molar-refractivity contribution is 0.00230. The zero-order chi connectivity index (χ0) is 20.5.